The Morgan fingerprint density at radius 1 is 0.933 bits per heavy atom. The van der Waals surface area contributed by atoms with E-state index in [4.69, 9.17) is 0 Å². The Morgan fingerprint density at radius 3 is 2.43 bits per heavy atom. The highest BCUT2D eigenvalue weighted by Crippen LogP contribution is 2.61. The fraction of sp³-hybridized carbons (Fsp3) is 0.538. The first-order valence-corrected chi connectivity index (χ1v) is 11.5. The van der Waals surface area contributed by atoms with Gasteiger partial charge in [-0.05, 0) is 92.0 Å². The normalized spacial score (nSPS) is 36.3. The molecule has 4 aliphatic rings. The quantitative estimate of drug-likeness (QED) is 0.718. The van der Waals surface area contributed by atoms with Crippen molar-refractivity contribution in [1.82, 2.24) is 10.0 Å². The van der Waals surface area contributed by atoms with Gasteiger partial charge in [0.25, 0.3) is 11.8 Å². The van der Waals surface area contributed by atoms with E-state index in [0.29, 0.717) is 17.4 Å². The third-order valence-electron chi connectivity index (χ3n) is 8.69. The van der Waals surface area contributed by atoms with Gasteiger partial charge in [0.15, 0.2) is 0 Å². The minimum absolute atomic E-state index is 0.0542. The average molecular weight is 403 g/mol. The van der Waals surface area contributed by atoms with Crippen LogP contribution in [0.15, 0.2) is 42.5 Å². The van der Waals surface area contributed by atoms with Crippen molar-refractivity contribution < 1.29 is 9.59 Å². The van der Waals surface area contributed by atoms with Gasteiger partial charge in [0.2, 0.25) is 0 Å². The van der Waals surface area contributed by atoms with Crippen LogP contribution in [0.1, 0.15) is 56.8 Å². The molecule has 2 bridgehead atoms. The fourth-order valence-electron chi connectivity index (χ4n) is 7.24. The molecule has 1 aliphatic heterocycles. The summed E-state index contributed by atoms with van der Waals surface area (Å²) in [6, 6.07) is 14.1. The number of hydrazine groups is 1. The molecule has 1 heterocycles. The number of carbonyl (C=O) groups excluding carboxylic acids is 2. The van der Waals surface area contributed by atoms with Gasteiger partial charge in [-0.2, -0.15) is 0 Å². The zero-order chi connectivity index (χ0) is 20.8. The summed E-state index contributed by atoms with van der Waals surface area (Å²) in [5.74, 6) is 3.61. The summed E-state index contributed by atoms with van der Waals surface area (Å²) in [4.78, 5) is 27.0. The van der Waals surface area contributed by atoms with Gasteiger partial charge in [-0.1, -0.05) is 37.3 Å². The third-order valence-corrected chi connectivity index (χ3v) is 8.69. The van der Waals surface area contributed by atoms with Crippen molar-refractivity contribution in [3.8, 4) is 0 Å². The molecule has 2 aromatic carbocycles. The summed E-state index contributed by atoms with van der Waals surface area (Å²) < 4.78 is 0. The van der Waals surface area contributed by atoms with Crippen molar-refractivity contribution in [2.24, 2.45) is 29.6 Å². The first-order chi connectivity index (χ1) is 14.4. The molecule has 2 amide bonds. The minimum atomic E-state index is -0.782. The number of hydrogen-bond acceptors (Lipinski definition) is 2. The standard InChI is InChI=1S/C26H30N2O2/c1-15-10-19-12-20-13-21(14-22(19)20)23(15)27-25(30)26(2,3)28(27)24(29)18-9-8-16-6-4-5-7-17(16)11-18/h4-9,11,15,19-23H,10,12-14H2,1-3H3. The molecule has 156 valence electrons. The first-order valence-electron chi connectivity index (χ1n) is 11.5. The topological polar surface area (TPSA) is 40.6 Å². The van der Waals surface area contributed by atoms with Crippen LogP contribution in [0.5, 0.6) is 0 Å². The third kappa shape index (κ3) is 2.34. The van der Waals surface area contributed by atoms with Crippen LogP contribution in [-0.2, 0) is 4.79 Å². The highest BCUT2D eigenvalue weighted by molar-refractivity contribution is 6.06. The molecule has 2 aromatic rings. The Labute approximate surface area is 178 Å². The van der Waals surface area contributed by atoms with E-state index in [0.717, 1.165) is 28.5 Å². The van der Waals surface area contributed by atoms with Crippen LogP contribution in [0.25, 0.3) is 10.8 Å². The van der Waals surface area contributed by atoms with Gasteiger partial charge in [0.1, 0.15) is 5.54 Å². The van der Waals surface area contributed by atoms with E-state index < -0.39 is 5.54 Å². The van der Waals surface area contributed by atoms with Crippen molar-refractivity contribution in [1.29, 1.82) is 0 Å². The number of benzene rings is 2. The Bertz CT molecular complexity index is 1060. The lowest BCUT2D eigenvalue weighted by Gasteiger charge is -2.60. The van der Waals surface area contributed by atoms with E-state index in [1.807, 2.05) is 55.3 Å². The Hall–Kier alpha value is -2.36. The van der Waals surface area contributed by atoms with E-state index >= 15 is 0 Å². The zero-order valence-electron chi connectivity index (χ0n) is 18.0. The van der Waals surface area contributed by atoms with Crippen molar-refractivity contribution in [2.45, 2.75) is 58.0 Å². The maximum atomic E-state index is 13.7. The summed E-state index contributed by atoms with van der Waals surface area (Å²) in [5.41, 5.74) is -0.122. The molecule has 1 saturated heterocycles. The summed E-state index contributed by atoms with van der Waals surface area (Å²) >= 11 is 0. The number of carbonyl (C=O) groups is 2. The maximum absolute atomic E-state index is 13.7. The second kappa shape index (κ2) is 6.09. The van der Waals surface area contributed by atoms with Crippen molar-refractivity contribution in [2.75, 3.05) is 0 Å². The van der Waals surface area contributed by atoms with Crippen molar-refractivity contribution in [3.63, 3.8) is 0 Å². The summed E-state index contributed by atoms with van der Waals surface area (Å²) in [6.45, 7) is 6.08. The SMILES string of the molecule is CC1CC2CC3CC(CC23)C1N1C(=O)C(C)(C)N1C(=O)c1ccc2ccccc2c1. The highest BCUT2D eigenvalue weighted by atomic mass is 16.2. The van der Waals surface area contributed by atoms with E-state index in [1.165, 1.54) is 25.7 Å². The molecule has 0 N–H and O–H groups in total. The van der Waals surface area contributed by atoms with Crippen LogP contribution in [0.4, 0.5) is 0 Å². The molecule has 6 atom stereocenters. The smallest absolute Gasteiger partial charge is 0.270 e. The van der Waals surface area contributed by atoms with Gasteiger partial charge < -0.3 is 0 Å². The second-order valence-corrected chi connectivity index (χ2v) is 10.7. The Balaban J connectivity index is 1.36. The van der Waals surface area contributed by atoms with Gasteiger partial charge in [0.05, 0.1) is 6.04 Å². The molecule has 4 nitrogen and oxygen atoms in total. The first kappa shape index (κ1) is 18.4. The average Bonchev–Trinajstić information content (AvgIpc) is 3.01. The molecule has 4 heteroatoms. The lowest BCUT2D eigenvalue weighted by Crippen LogP contribution is -2.79. The van der Waals surface area contributed by atoms with E-state index in [-0.39, 0.29) is 17.9 Å². The van der Waals surface area contributed by atoms with Gasteiger partial charge in [0, 0.05) is 5.56 Å². The molecule has 0 spiro atoms. The monoisotopic (exact) mass is 402 g/mol. The number of fused-ring (bicyclic) bond motifs is 2. The van der Waals surface area contributed by atoms with Crippen molar-refractivity contribution in [3.05, 3.63) is 48.0 Å². The molecule has 3 aliphatic carbocycles. The molecule has 4 fully saturated rings. The molecule has 0 aromatic heterocycles. The van der Waals surface area contributed by atoms with E-state index in [2.05, 4.69) is 13.0 Å². The second-order valence-electron chi connectivity index (χ2n) is 10.7. The molecule has 6 unspecified atom stereocenters. The van der Waals surface area contributed by atoms with E-state index in [1.54, 1.807) is 5.01 Å². The summed E-state index contributed by atoms with van der Waals surface area (Å²) in [5, 5.41) is 5.84. The van der Waals surface area contributed by atoms with E-state index in [9.17, 15) is 9.59 Å². The predicted octanol–water partition coefficient (Wildman–Crippen LogP) is 4.89. The Morgan fingerprint density at radius 2 is 1.63 bits per heavy atom. The number of rotatable bonds is 2. The maximum Gasteiger partial charge on any atom is 0.273 e. The van der Waals surface area contributed by atoms with Gasteiger partial charge in [-0.25, -0.2) is 10.0 Å². The fourth-order valence-corrected chi connectivity index (χ4v) is 7.24. The van der Waals surface area contributed by atoms with Gasteiger partial charge in [-0.3, -0.25) is 9.59 Å². The summed E-state index contributed by atoms with van der Waals surface area (Å²) in [6.07, 6.45) is 5.06. The highest BCUT2D eigenvalue weighted by Gasteiger charge is 2.62. The van der Waals surface area contributed by atoms with Crippen LogP contribution in [0.2, 0.25) is 0 Å². The lowest BCUT2D eigenvalue weighted by molar-refractivity contribution is -0.217. The van der Waals surface area contributed by atoms with Crippen LogP contribution >= 0.6 is 0 Å². The number of amides is 2. The lowest BCUT2D eigenvalue weighted by atomic mass is 9.63. The van der Waals surface area contributed by atoms with Crippen LogP contribution in [0.3, 0.4) is 0 Å². The molecular formula is C26H30N2O2. The zero-order valence-corrected chi connectivity index (χ0v) is 18.0. The molecule has 30 heavy (non-hydrogen) atoms. The largest absolute Gasteiger partial charge is 0.273 e. The van der Waals surface area contributed by atoms with Gasteiger partial charge in [-0.15, -0.1) is 0 Å². The molecule has 0 radical (unpaired) electrons. The molecular weight excluding hydrogens is 372 g/mol. The number of nitrogens with zero attached hydrogens (tertiary/aromatic N) is 2. The molecule has 3 saturated carbocycles. The molecule has 6 rings (SSSR count). The number of hydrogen-bond donors (Lipinski definition) is 0. The van der Waals surface area contributed by atoms with Crippen LogP contribution in [-0.4, -0.2) is 33.4 Å². The minimum Gasteiger partial charge on any atom is -0.270 e. The van der Waals surface area contributed by atoms with Crippen LogP contribution < -0.4 is 0 Å². The predicted molar refractivity (Wildman–Crippen MR) is 116 cm³/mol. The van der Waals surface area contributed by atoms with Gasteiger partial charge >= 0.3 is 0 Å². The van der Waals surface area contributed by atoms with Crippen LogP contribution in [0, 0.1) is 29.6 Å². The summed E-state index contributed by atoms with van der Waals surface area (Å²) in [7, 11) is 0. The van der Waals surface area contributed by atoms with Crippen molar-refractivity contribution >= 4 is 22.6 Å². The Kier molecular flexibility index (Phi) is 3.74.